The molecule has 0 aliphatic carbocycles. The fraction of sp³-hybridized carbons (Fsp3) is 0.389. The largest absolute Gasteiger partial charge is 0.312 e. The first-order valence-corrected chi connectivity index (χ1v) is 7.85. The van der Waals surface area contributed by atoms with Gasteiger partial charge in [-0.3, -0.25) is 9.69 Å². The van der Waals surface area contributed by atoms with E-state index in [1.807, 2.05) is 16.7 Å². The summed E-state index contributed by atoms with van der Waals surface area (Å²) in [6.07, 6.45) is 1.16. The lowest BCUT2D eigenvalue weighted by Crippen LogP contribution is -2.46. The van der Waals surface area contributed by atoms with Gasteiger partial charge in [0.15, 0.2) is 0 Å². The van der Waals surface area contributed by atoms with Gasteiger partial charge in [0.25, 0.3) is 5.56 Å². The van der Waals surface area contributed by atoms with Crippen LogP contribution in [0.4, 0.5) is 4.39 Å². The Labute approximate surface area is 129 Å². The number of aromatic nitrogens is 1. The zero-order chi connectivity index (χ0) is 15.1. The van der Waals surface area contributed by atoms with Crippen LogP contribution in [0.1, 0.15) is 23.6 Å². The van der Waals surface area contributed by atoms with Crippen molar-refractivity contribution < 1.29 is 4.39 Å². The average Bonchev–Trinajstić information content (AvgIpc) is 2.48. The number of rotatable bonds is 2. The number of nitrogens with zero attached hydrogens (tertiary/aromatic N) is 2. The third-order valence-electron chi connectivity index (χ3n) is 4.85. The Morgan fingerprint density at radius 1 is 1.09 bits per heavy atom. The first-order chi connectivity index (χ1) is 10.7. The van der Waals surface area contributed by atoms with Gasteiger partial charge in [-0.05, 0) is 36.1 Å². The molecular formula is C18H19FN2O. The highest BCUT2D eigenvalue weighted by molar-refractivity contribution is 5.19. The molecule has 1 aromatic carbocycles. The van der Waals surface area contributed by atoms with E-state index >= 15 is 0 Å². The van der Waals surface area contributed by atoms with Gasteiger partial charge in [-0.15, -0.1) is 0 Å². The minimum Gasteiger partial charge on any atom is -0.312 e. The summed E-state index contributed by atoms with van der Waals surface area (Å²) in [5.41, 5.74) is 2.30. The molecule has 0 N–H and O–H groups in total. The van der Waals surface area contributed by atoms with E-state index in [9.17, 15) is 9.18 Å². The molecule has 1 saturated heterocycles. The van der Waals surface area contributed by atoms with Crippen LogP contribution >= 0.6 is 0 Å². The zero-order valence-electron chi connectivity index (χ0n) is 12.4. The van der Waals surface area contributed by atoms with E-state index in [4.69, 9.17) is 0 Å². The zero-order valence-corrected chi connectivity index (χ0v) is 12.4. The highest BCUT2D eigenvalue weighted by Gasteiger charge is 2.34. The van der Waals surface area contributed by atoms with E-state index in [-0.39, 0.29) is 11.4 Å². The third kappa shape index (κ3) is 2.48. The lowest BCUT2D eigenvalue weighted by atomic mass is 9.83. The van der Waals surface area contributed by atoms with Crippen LogP contribution in [0.3, 0.4) is 0 Å². The van der Waals surface area contributed by atoms with Crippen LogP contribution in [0.5, 0.6) is 0 Å². The molecule has 4 heteroatoms. The molecule has 0 spiro atoms. The van der Waals surface area contributed by atoms with Crippen LogP contribution < -0.4 is 5.56 Å². The SMILES string of the molecule is O=c1cccc2n1C[C@@H]1C[C@H]2CN(Cc2cccc(F)c2)C1. The highest BCUT2D eigenvalue weighted by Crippen LogP contribution is 2.35. The summed E-state index contributed by atoms with van der Waals surface area (Å²) < 4.78 is 15.3. The second-order valence-corrected chi connectivity index (χ2v) is 6.52. The maximum absolute atomic E-state index is 13.3. The molecule has 0 radical (unpaired) electrons. The van der Waals surface area contributed by atoms with Crippen LogP contribution in [-0.4, -0.2) is 22.6 Å². The first-order valence-electron chi connectivity index (χ1n) is 7.85. The quantitative estimate of drug-likeness (QED) is 0.851. The van der Waals surface area contributed by atoms with Gasteiger partial charge in [-0.1, -0.05) is 18.2 Å². The third-order valence-corrected chi connectivity index (χ3v) is 4.85. The number of hydrogen-bond donors (Lipinski definition) is 0. The predicted octanol–water partition coefficient (Wildman–Crippen LogP) is 2.61. The topological polar surface area (TPSA) is 25.2 Å². The van der Waals surface area contributed by atoms with E-state index in [2.05, 4.69) is 11.0 Å². The number of piperidine rings is 1. The van der Waals surface area contributed by atoms with Gasteiger partial charge in [-0.2, -0.15) is 0 Å². The van der Waals surface area contributed by atoms with Gasteiger partial charge >= 0.3 is 0 Å². The van der Waals surface area contributed by atoms with Gasteiger partial charge in [0.1, 0.15) is 5.82 Å². The summed E-state index contributed by atoms with van der Waals surface area (Å²) in [7, 11) is 0. The summed E-state index contributed by atoms with van der Waals surface area (Å²) >= 11 is 0. The van der Waals surface area contributed by atoms with Gasteiger partial charge in [-0.25, -0.2) is 4.39 Å². The van der Waals surface area contributed by atoms with Gasteiger partial charge in [0.05, 0.1) is 0 Å². The maximum Gasteiger partial charge on any atom is 0.250 e. The molecule has 3 heterocycles. The van der Waals surface area contributed by atoms with Gasteiger partial charge in [0, 0.05) is 43.9 Å². The molecule has 2 aliphatic rings. The maximum atomic E-state index is 13.3. The fourth-order valence-electron chi connectivity index (χ4n) is 4.02. The smallest absolute Gasteiger partial charge is 0.250 e. The van der Waals surface area contributed by atoms with Crippen molar-refractivity contribution in [2.75, 3.05) is 13.1 Å². The van der Waals surface area contributed by atoms with Crippen LogP contribution in [0.15, 0.2) is 47.3 Å². The standard InChI is InChI=1S/C18H19FN2O/c19-16-4-1-3-13(8-16)9-20-10-14-7-15(12-20)17-5-2-6-18(22)21(17)11-14/h1-6,8,14-15H,7,9-12H2/t14-,15+/m1/s1. The molecule has 2 aromatic rings. The molecule has 4 rings (SSSR count). The van der Waals surface area contributed by atoms with Crippen LogP contribution in [0.25, 0.3) is 0 Å². The van der Waals surface area contributed by atoms with Crippen LogP contribution in [0.2, 0.25) is 0 Å². The molecule has 114 valence electrons. The van der Waals surface area contributed by atoms with E-state index in [1.54, 1.807) is 18.2 Å². The Morgan fingerprint density at radius 3 is 2.82 bits per heavy atom. The summed E-state index contributed by atoms with van der Waals surface area (Å²) in [4.78, 5) is 14.4. The van der Waals surface area contributed by atoms with E-state index in [1.165, 1.54) is 6.07 Å². The molecule has 22 heavy (non-hydrogen) atoms. The molecule has 0 saturated carbocycles. The van der Waals surface area contributed by atoms with Crippen molar-refractivity contribution in [2.45, 2.75) is 25.4 Å². The number of hydrogen-bond acceptors (Lipinski definition) is 2. The Morgan fingerprint density at radius 2 is 1.95 bits per heavy atom. The molecule has 0 amide bonds. The molecule has 3 nitrogen and oxygen atoms in total. The number of pyridine rings is 1. The molecule has 2 bridgehead atoms. The predicted molar refractivity (Wildman–Crippen MR) is 83.2 cm³/mol. The summed E-state index contributed by atoms with van der Waals surface area (Å²) in [6.45, 7) is 3.51. The van der Waals surface area contributed by atoms with Gasteiger partial charge in [0.2, 0.25) is 0 Å². The second-order valence-electron chi connectivity index (χ2n) is 6.52. The molecule has 2 aliphatic heterocycles. The Kier molecular flexibility index (Phi) is 3.34. The first kappa shape index (κ1) is 13.7. The van der Waals surface area contributed by atoms with Crippen molar-refractivity contribution in [3.8, 4) is 0 Å². The monoisotopic (exact) mass is 298 g/mol. The average molecular weight is 298 g/mol. The van der Waals surface area contributed by atoms with Crippen molar-refractivity contribution in [1.29, 1.82) is 0 Å². The van der Waals surface area contributed by atoms with E-state index in [0.29, 0.717) is 11.8 Å². The van der Waals surface area contributed by atoms with Crippen molar-refractivity contribution in [1.82, 2.24) is 9.47 Å². The van der Waals surface area contributed by atoms with E-state index in [0.717, 1.165) is 43.9 Å². The normalized spacial score (nSPS) is 24.0. The van der Waals surface area contributed by atoms with Crippen molar-refractivity contribution in [2.24, 2.45) is 5.92 Å². The summed E-state index contributed by atoms with van der Waals surface area (Å²) in [6, 6.07) is 12.4. The van der Waals surface area contributed by atoms with Crippen molar-refractivity contribution in [3.63, 3.8) is 0 Å². The summed E-state index contributed by atoms with van der Waals surface area (Å²) in [5, 5.41) is 0. The van der Waals surface area contributed by atoms with Crippen LogP contribution in [-0.2, 0) is 13.1 Å². The number of halogens is 1. The lowest BCUT2D eigenvalue weighted by molar-refractivity contribution is 0.114. The highest BCUT2D eigenvalue weighted by atomic mass is 19.1. The van der Waals surface area contributed by atoms with Gasteiger partial charge < -0.3 is 4.57 Å². The number of fused-ring (bicyclic) bond motifs is 4. The molecule has 0 unspecified atom stereocenters. The summed E-state index contributed by atoms with van der Waals surface area (Å²) in [5.74, 6) is 0.751. The molecule has 2 atom stereocenters. The molecular weight excluding hydrogens is 279 g/mol. The number of benzene rings is 1. The second kappa shape index (κ2) is 5.36. The van der Waals surface area contributed by atoms with E-state index < -0.39 is 0 Å². The van der Waals surface area contributed by atoms with Crippen molar-refractivity contribution >= 4 is 0 Å². The van der Waals surface area contributed by atoms with Crippen molar-refractivity contribution in [3.05, 3.63) is 69.9 Å². The molecule has 1 aromatic heterocycles. The number of likely N-dealkylation sites (tertiary alicyclic amines) is 1. The Balaban J connectivity index is 1.57. The minimum absolute atomic E-state index is 0.116. The molecule has 1 fully saturated rings. The Hall–Kier alpha value is -1.94. The Bertz CT molecular complexity index is 755. The minimum atomic E-state index is -0.174. The fourth-order valence-corrected chi connectivity index (χ4v) is 4.02. The van der Waals surface area contributed by atoms with Crippen LogP contribution in [0, 0.1) is 11.7 Å². The lowest BCUT2D eigenvalue weighted by Gasteiger charge is -2.42.